The van der Waals surface area contributed by atoms with Crippen LogP contribution in [0, 0.1) is 13.8 Å². The first-order valence-electron chi connectivity index (χ1n) is 11.2. The van der Waals surface area contributed by atoms with Crippen LogP contribution in [0.1, 0.15) is 36.3 Å². The standard InChI is InChI=1S/C26H31N3O3/c1-5-31-24-16-25-23(19(3)20(4)32-25)15-22(24)18(2)14-26(30)29-12-10-28(11-13-29)17-21-6-8-27-9-7-21/h6-9,14-16H,5,10-13,17H2,1-4H3/b18-14+. The number of aryl methyl sites for hydroxylation is 2. The third-order valence-electron chi connectivity index (χ3n) is 6.18. The predicted octanol–water partition coefficient (Wildman–Crippen LogP) is 4.59. The molecule has 1 aliphatic heterocycles. The number of furan rings is 1. The molecule has 1 fully saturated rings. The van der Waals surface area contributed by atoms with Crippen LogP contribution in [0.5, 0.6) is 5.75 Å². The van der Waals surface area contributed by atoms with E-state index in [1.807, 2.05) is 56.3 Å². The Bertz CT molecular complexity index is 1130. The number of pyridine rings is 1. The van der Waals surface area contributed by atoms with E-state index in [1.54, 1.807) is 6.08 Å². The maximum Gasteiger partial charge on any atom is 0.246 e. The van der Waals surface area contributed by atoms with Gasteiger partial charge in [-0.15, -0.1) is 0 Å². The van der Waals surface area contributed by atoms with E-state index >= 15 is 0 Å². The van der Waals surface area contributed by atoms with Gasteiger partial charge in [0.15, 0.2) is 0 Å². The SMILES string of the molecule is CCOc1cc2oc(C)c(C)c2cc1/C(C)=C/C(=O)N1CCN(Cc2ccncc2)CC1. The van der Waals surface area contributed by atoms with Crippen molar-refractivity contribution in [1.29, 1.82) is 0 Å². The summed E-state index contributed by atoms with van der Waals surface area (Å²) >= 11 is 0. The molecule has 1 saturated heterocycles. The van der Waals surface area contributed by atoms with E-state index in [4.69, 9.17) is 9.15 Å². The first-order chi connectivity index (χ1) is 15.5. The normalized spacial score (nSPS) is 15.4. The molecule has 0 unspecified atom stereocenters. The van der Waals surface area contributed by atoms with Gasteiger partial charge in [-0.25, -0.2) is 0 Å². The molecule has 4 rings (SSSR count). The highest BCUT2D eigenvalue weighted by molar-refractivity contribution is 5.97. The quantitative estimate of drug-likeness (QED) is 0.532. The van der Waals surface area contributed by atoms with Crippen LogP contribution in [-0.2, 0) is 11.3 Å². The number of nitrogens with zero attached hydrogens (tertiary/aromatic N) is 3. The molecule has 2 aromatic heterocycles. The van der Waals surface area contributed by atoms with Gasteiger partial charge in [-0.1, -0.05) is 0 Å². The van der Waals surface area contributed by atoms with Crippen LogP contribution in [0.2, 0.25) is 0 Å². The van der Waals surface area contributed by atoms with Crippen LogP contribution in [0.4, 0.5) is 0 Å². The van der Waals surface area contributed by atoms with Crippen molar-refractivity contribution in [2.75, 3.05) is 32.8 Å². The summed E-state index contributed by atoms with van der Waals surface area (Å²) in [6, 6.07) is 8.10. The summed E-state index contributed by atoms with van der Waals surface area (Å²) in [5.74, 6) is 1.70. The fourth-order valence-corrected chi connectivity index (χ4v) is 4.18. The topological polar surface area (TPSA) is 58.8 Å². The summed E-state index contributed by atoms with van der Waals surface area (Å²) in [5, 5.41) is 1.06. The lowest BCUT2D eigenvalue weighted by Gasteiger charge is -2.34. The maximum atomic E-state index is 13.0. The molecule has 3 heterocycles. The molecule has 0 spiro atoms. The zero-order valence-corrected chi connectivity index (χ0v) is 19.4. The van der Waals surface area contributed by atoms with Crippen LogP contribution in [0.3, 0.4) is 0 Å². The molecule has 0 radical (unpaired) electrons. The van der Waals surface area contributed by atoms with Crippen LogP contribution >= 0.6 is 0 Å². The second kappa shape index (κ2) is 9.57. The number of amides is 1. The van der Waals surface area contributed by atoms with Gasteiger partial charge >= 0.3 is 0 Å². The second-order valence-corrected chi connectivity index (χ2v) is 8.35. The Labute approximate surface area is 189 Å². The van der Waals surface area contributed by atoms with E-state index in [0.29, 0.717) is 6.61 Å². The van der Waals surface area contributed by atoms with Gasteiger partial charge in [0.05, 0.1) is 6.61 Å². The minimum Gasteiger partial charge on any atom is -0.493 e. The van der Waals surface area contributed by atoms with Crippen molar-refractivity contribution in [3.63, 3.8) is 0 Å². The molecule has 0 aliphatic carbocycles. The first-order valence-corrected chi connectivity index (χ1v) is 11.2. The molecule has 168 valence electrons. The number of hydrogen-bond donors (Lipinski definition) is 0. The minimum absolute atomic E-state index is 0.0497. The Balaban J connectivity index is 1.48. The van der Waals surface area contributed by atoms with Crippen LogP contribution in [0.25, 0.3) is 16.5 Å². The fraction of sp³-hybridized carbons (Fsp3) is 0.385. The molecule has 6 heteroatoms. The van der Waals surface area contributed by atoms with Crippen molar-refractivity contribution in [2.45, 2.75) is 34.2 Å². The van der Waals surface area contributed by atoms with Gasteiger partial charge in [0, 0.05) is 68.2 Å². The number of benzene rings is 1. The van der Waals surface area contributed by atoms with Crippen molar-refractivity contribution in [1.82, 2.24) is 14.8 Å². The molecule has 32 heavy (non-hydrogen) atoms. The molecule has 1 aliphatic rings. The Kier molecular flexibility index (Phi) is 6.61. The Morgan fingerprint density at radius 2 is 1.88 bits per heavy atom. The van der Waals surface area contributed by atoms with Gasteiger partial charge in [-0.3, -0.25) is 14.7 Å². The number of piperazine rings is 1. The monoisotopic (exact) mass is 433 g/mol. The lowest BCUT2D eigenvalue weighted by atomic mass is 10.0. The van der Waals surface area contributed by atoms with E-state index in [2.05, 4.69) is 22.9 Å². The summed E-state index contributed by atoms with van der Waals surface area (Å²) in [5.41, 5.74) is 5.02. The summed E-state index contributed by atoms with van der Waals surface area (Å²) in [6.07, 6.45) is 5.39. The van der Waals surface area contributed by atoms with E-state index in [1.165, 1.54) is 5.56 Å². The van der Waals surface area contributed by atoms with Crippen LogP contribution in [0.15, 0.2) is 47.2 Å². The largest absolute Gasteiger partial charge is 0.493 e. The fourth-order valence-electron chi connectivity index (χ4n) is 4.18. The number of fused-ring (bicyclic) bond motifs is 1. The number of aromatic nitrogens is 1. The average Bonchev–Trinajstić information content (AvgIpc) is 3.07. The summed E-state index contributed by atoms with van der Waals surface area (Å²) in [7, 11) is 0. The van der Waals surface area contributed by atoms with Crippen molar-refractivity contribution < 1.29 is 13.9 Å². The van der Waals surface area contributed by atoms with Crippen molar-refractivity contribution >= 4 is 22.4 Å². The van der Waals surface area contributed by atoms with Crippen LogP contribution in [-0.4, -0.2) is 53.5 Å². The Hall–Kier alpha value is -3.12. The van der Waals surface area contributed by atoms with E-state index < -0.39 is 0 Å². The van der Waals surface area contributed by atoms with Crippen LogP contribution < -0.4 is 4.74 Å². The van der Waals surface area contributed by atoms with Gasteiger partial charge in [-0.05, 0) is 62.6 Å². The molecular formula is C26H31N3O3. The molecule has 1 amide bonds. The Morgan fingerprint density at radius 1 is 1.16 bits per heavy atom. The number of carbonyl (C=O) groups excluding carboxylic acids is 1. The van der Waals surface area contributed by atoms with Gasteiger partial charge in [-0.2, -0.15) is 0 Å². The number of ether oxygens (including phenoxy) is 1. The number of hydrogen-bond acceptors (Lipinski definition) is 5. The highest BCUT2D eigenvalue weighted by atomic mass is 16.5. The van der Waals surface area contributed by atoms with E-state index in [-0.39, 0.29) is 5.91 Å². The zero-order chi connectivity index (χ0) is 22.7. The van der Waals surface area contributed by atoms with Crippen molar-refractivity contribution in [3.8, 4) is 5.75 Å². The molecule has 0 bridgehead atoms. The molecule has 1 aromatic carbocycles. The number of carbonyl (C=O) groups is 1. The lowest BCUT2D eigenvalue weighted by molar-refractivity contribution is -0.127. The van der Waals surface area contributed by atoms with Gasteiger partial charge in [0.2, 0.25) is 5.91 Å². The molecule has 6 nitrogen and oxygen atoms in total. The first kappa shape index (κ1) is 22.1. The smallest absolute Gasteiger partial charge is 0.246 e. The lowest BCUT2D eigenvalue weighted by Crippen LogP contribution is -2.47. The minimum atomic E-state index is 0.0497. The predicted molar refractivity (Wildman–Crippen MR) is 127 cm³/mol. The van der Waals surface area contributed by atoms with E-state index in [0.717, 1.165) is 71.9 Å². The second-order valence-electron chi connectivity index (χ2n) is 8.35. The average molecular weight is 434 g/mol. The summed E-state index contributed by atoms with van der Waals surface area (Å²) in [6.45, 7) is 12.6. The van der Waals surface area contributed by atoms with E-state index in [9.17, 15) is 4.79 Å². The zero-order valence-electron chi connectivity index (χ0n) is 19.4. The molecule has 3 aromatic rings. The van der Waals surface area contributed by atoms with Gasteiger partial charge < -0.3 is 14.1 Å². The summed E-state index contributed by atoms with van der Waals surface area (Å²) < 4.78 is 11.7. The third-order valence-corrected chi connectivity index (χ3v) is 6.18. The number of rotatable bonds is 6. The highest BCUT2D eigenvalue weighted by Crippen LogP contribution is 2.35. The number of allylic oxidation sites excluding steroid dienone is 1. The maximum absolute atomic E-state index is 13.0. The highest BCUT2D eigenvalue weighted by Gasteiger charge is 2.21. The molecule has 0 N–H and O–H groups in total. The molecular weight excluding hydrogens is 402 g/mol. The van der Waals surface area contributed by atoms with Crippen molar-refractivity contribution in [3.05, 3.63) is 65.2 Å². The Morgan fingerprint density at radius 3 is 2.56 bits per heavy atom. The molecule has 0 atom stereocenters. The summed E-state index contributed by atoms with van der Waals surface area (Å²) in [4.78, 5) is 21.4. The van der Waals surface area contributed by atoms with Gasteiger partial charge in [0.1, 0.15) is 17.1 Å². The van der Waals surface area contributed by atoms with Crippen molar-refractivity contribution in [2.24, 2.45) is 0 Å². The molecule has 0 saturated carbocycles. The van der Waals surface area contributed by atoms with Gasteiger partial charge in [0.25, 0.3) is 0 Å². The third kappa shape index (κ3) is 4.70.